The Morgan fingerprint density at radius 3 is 2.71 bits per heavy atom. The van der Waals surface area contributed by atoms with E-state index in [0.717, 1.165) is 38.0 Å². The largest absolute Gasteiger partial charge is 0.382 e. The minimum atomic E-state index is 0.665. The second-order valence-electron chi connectivity index (χ2n) is 4.28. The summed E-state index contributed by atoms with van der Waals surface area (Å²) in [5, 5.41) is 6.59. The molecule has 5 nitrogen and oxygen atoms in total. The Hall–Kier alpha value is -0.810. The van der Waals surface area contributed by atoms with E-state index in [4.69, 9.17) is 9.47 Å². The summed E-state index contributed by atoms with van der Waals surface area (Å²) in [5.74, 6) is 1.76. The van der Waals surface area contributed by atoms with Crippen molar-refractivity contribution in [3.05, 3.63) is 0 Å². The van der Waals surface area contributed by atoms with Gasteiger partial charge in [0.25, 0.3) is 0 Å². The van der Waals surface area contributed by atoms with Crippen LogP contribution in [-0.2, 0) is 9.47 Å². The molecule has 2 N–H and O–H groups in total. The quantitative estimate of drug-likeness (QED) is 0.354. The second-order valence-corrected chi connectivity index (χ2v) is 4.28. The summed E-state index contributed by atoms with van der Waals surface area (Å²) in [7, 11) is 3.48. The zero-order valence-corrected chi connectivity index (χ0v) is 11.0. The summed E-state index contributed by atoms with van der Waals surface area (Å²) in [4.78, 5) is 4.17. The third-order valence-corrected chi connectivity index (χ3v) is 2.67. The highest BCUT2D eigenvalue weighted by atomic mass is 16.5. The number of rotatable bonds is 9. The summed E-state index contributed by atoms with van der Waals surface area (Å²) in [5.41, 5.74) is 0. The first kappa shape index (κ1) is 14.3. The fourth-order valence-corrected chi connectivity index (χ4v) is 1.41. The molecule has 0 heterocycles. The van der Waals surface area contributed by atoms with Crippen molar-refractivity contribution in [3.8, 4) is 0 Å². The SMILES string of the molecule is CN=C(NCCCOCCOC)NCC1CC1. The van der Waals surface area contributed by atoms with Gasteiger partial charge in [0, 0.05) is 33.9 Å². The summed E-state index contributed by atoms with van der Waals surface area (Å²) in [6.45, 7) is 4.03. The van der Waals surface area contributed by atoms with Crippen molar-refractivity contribution in [2.45, 2.75) is 19.3 Å². The van der Waals surface area contributed by atoms with Crippen molar-refractivity contribution in [1.29, 1.82) is 0 Å². The number of nitrogens with zero attached hydrogens (tertiary/aromatic N) is 1. The number of methoxy groups -OCH3 is 1. The van der Waals surface area contributed by atoms with Crippen molar-refractivity contribution in [1.82, 2.24) is 10.6 Å². The molecular formula is C12H25N3O2. The smallest absolute Gasteiger partial charge is 0.190 e. The van der Waals surface area contributed by atoms with Gasteiger partial charge in [0.2, 0.25) is 0 Å². The Labute approximate surface area is 104 Å². The van der Waals surface area contributed by atoms with E-state index in [0.29, 0.717) is 13.2 Å². The number of aliphatic imine (C=N–C) groups is 1. The number of guanidine groups is 1. The van der Waals surface area contributed by atoms with E-state index in [2.05, 4.69) is 15.6 Å². The third kappa shape index (κ3) is 7.99. The van der Waals surface area contributed by atoms with Gasteiger partial charge < -0.3 is 20.1 Å². The van der Waals surface area contributed by atoms with Gasteiger partial charge in [0.15, 0.2) is 5.96 Å². The highest BCUT2D eigenvalue weighted by Crippen LogP contribution is 2.27. The summed E-state index contributed by atoms with van der Waals surface area (Å²) in [6, 6.07) is 0. The predicted molar refractivity (Wildman–Crippen MR) is 69.4 cm³/mol. The first-order valence-corrected chi connectivity index (χ1v) is 6.38. The maximum atomic E-state index is 5.37. The Balaban J connectivity index is 1.88. The Morgan fingerprint density at radius 2 is 2.06 bits per heavy atom. The monoisotopic (exact) mass is 243 g/mol. The summed E-state index contributed by atoms with van der Waals surface area (Å²) < 4.78 is 10.3. The van der Waals surface area contributed by atoms with Crippen LogP contribution in [0.4, 0.5) is 0 Å². The van der Waals surface area contributed by atoms with Crippen LogP contribution >= 0.6 is 0 Å². The zero-order chi connectivity index (χ0) is 12.3. The molecular weight excluding hydrogens is 218 g/mol. The normalized spacial score (nSPS) is 16.0. The molecule has 0 aromatic rings. The van der Waals surface area contributed by atoms with Crippen LogP contribution in [-0.4, -0.2) is 53.0 Å². The molecule has 100 valence electrons. The van der Waals surface area contributed by atoms with Crippen LogP contribution in [0.2, 0.25) is 0 Å². The van der Waals surface area contributed by atoms with Gasteiger partial charge in [-0.1, -0.05) is 0 Å². The first-order valence-electron chi connectivity index (χ1n) is 6.38. The van der Waals surface area contributed by atoms with E-state index < -0.39 is 0 Å². The van der Waals surface area contributed by atoms with Crippen LogP contribution in [0.3, 0.4) is 0 Å². The molecule has 0 amide bonds. The van der Waals surface area contributed by atoms with Gasteiger partial charge in [-0.05, 0) is 25.2 Å². The molecule has 1 rings (SSSR count). The van der Waals surface area contributed by atoms with Crippen LogP contribution in [0.15, 0.2) is 4.99 Å². The van der Waals surface area contributed by atoms with Gasteiger partial charge in [-0.2, -0.15) is 0 Å². The van der Waals surface area contributed by atoms with E-state index in [1.807, 2.05) is 0 Å². The lowest BCUT2D eigenvalue weighted by Crippen LogP contribution is -2.39. The maximum Gasteiger partial charge on any atom is 0.190 e. The first-order chi connectivity index (χ1) is 8.36. The maximum absolute atomic E-state index is 5.37. The average molecular weight is 243 g/mol. The van der Waals surface area contributed by atoms with Crippen LogP contribution in [0.1, 0.15) is 19.3 Å². The lowest BCUT2D eigenvalue weighted by Gasteiger charge is -2.11. The highest BCUT2D eigenvalue weighted by Gasteiger charge is 2.20. The molecule has 0 bridgehead atoms. The number of ether oxygens (including phenoxy) is 2. The van der Waals surface area contributed by atoms with Crippen molar-refractivity contribution >= 4 is 5.96 Å². The zero-order valence-electron chi connectivity index (χ0n) is 11.0. The number of hydrogen-bond donors (Lipinski definition) is 2. The van der Waals surface area contributed by atoms with Crippen molar-refractivity contribution < 1.29 is 9.47 Å². The fourth-order valence-electron chi connectivity index (χ4n) is 1.41. The Kier molecular flexibility index (Phi) is 7.75. The molecule has 0 aliphatic heterocycles. The van der Waals surface area contributed by atoms with E-state index in [1.54, 1.807) is 14.2 Å². The van der Waals surface area contributed by atoms with Gasteiger partial charge in [-0.25, -0.2) is 0 Å². The molecule has 0 aromatic heterocycles. The predicted octanol–water partition coefficient (Wildman–Crippen LogP) is 0.614. The van der Waals surface area contributed by atoms with E-state index in [9.17, 15) is 0 Å². The number of nitrogens with one attached hydrogen (secondary N) is 2. The van der Waals surface area contributed by atoms with Gasteiger partial charge in [-0.3, -0.25) is 4.99 Å². The van der Waals surface area contributed by atoms with Crippen LogP contribution in [0.5, 0.6) is 0 Å². The minimum absolute atomic E-state index is 0.665. The topological polar surface area (TPSA) is 54.9 Å². The molecule has 0 atom stereocenters. The van der Waals surface area contributed by atoms with Gasteiger partial charge in [0.1, 0.15) is 0 Å². The lowest BCUT2D eigenvalue weighted by molar-refractivity contribution is 0.0698. The molecule has 0 radical (unpaired) electrons. The van der Waals surface area contributed by atoms with Gasteiger partial charge in [0.05, 0.1) is 13.2 Å². The summed E-state index contributed by atoms with van der Waals surface area (Å²) >= 11 is 0. The summed E-state index contributed by atoms with van der Waals surface area (Å²) in [6.07, 6.45) is 3.70. The Bertz CT molecular complexity index is 218. The van der Waals surface area contributed by atoms with Crippen molar-refractivity contribution in [2.75, 3.05) is 47.1 Å². The van der Waals surface area contributed by atoms with E-state index >= 15 is 0 Å². The molecule has 5 heteroatoms. The molecule has 0 aromatic carbocycles. The second kappa shape index (κ2) is 9.24. The van der Waals surface area contributed by atoms with Gasteiger partial charge >= 0.3 is 0 Å². The molecule has 17 heavy (non-hydrogen) atoms. The highest BCUT2D eigenvalue weighted by molar-refractivity contribution is 5.79. The fraction of sp³-hybridized carbons (Fsp3) is 0.917. The minimum Gasteiger partial charge on any atom is -0.382 e. The van der Waals surface area contributed by atoms with Crippen molar-refractivity contribution in [2.24, 2.45) is 10.9 Å². The number of hydrogen-bond acceptors (Lipinski definition) is 3. The third-order valence-electron chi connectivity index (χ3n) is 2.67. The molecule has 1 aliphatic rings. The van der Waals surface area contributed by atoms with E-state index in [-0.39, 0.29) is 0 Å². The van der Waals surface area contributed by atoms with Crippen LogP contribution < -0.4 is 10.6 Å². The molecule has 1 saturated carbocycles. The average Bonchev–Trinajstić information content (AvgIpc) is 3.16. The molecule has 1 fully saturated rings. The van der Waals surface area contributed by atoms with Crippen LogP contribution in [0, 0.1) is 5.92 Å². The molecule has 0 unspecified atom stereocenters. The van der Waals surface area contributed by atoms with E-state index in [1.165, 1.54) is 12.8 Å². The van der Waals surface area contributed by atoms with Crippen molar-refractivity contribution in [3.63, 3.8) is 0 Å². The molecule has 1 aliphatic carbocycles. The molecule has 0 spiro atoms. The Morgan fingerprint density at radius 1 is 1.24 bits per heavy atom. The lowest BCUT2D eigenvalue weighted by atomic mass is 10.4. The van der Waals surface area contributed by atoms with Crippen LogP contribution in [0.25, 0.3) is 0 Å². The van der Waals surface area contributed by atoms with Gasteiger partial charge in [-0.15, -0.1) is 0 Å². The molecule has 0 saturated heterocycles. The standard InChI is InChI=1S/C12H25N3O2/c1-13-12(15-10-11-4-5-11)14-6-3-7-17-9-8-16-2/h11H,3-10H2,1-2H3,(H2,13,14,15).